The molecule has 0 aliphatic carbocycles. The highest BCUT2D eigenvalue weighted by atomic mass is 14.7. The van der Waals surface area contributed by atoms with Crippen LogP contribution in [-0.2, 0) is 6.42 Å². The first-order valence-corrected chi connectivity index (χ1v) is 10.8. The van der Waals surface area contributed by atoms with E-state index in [4.69, 9.17) is 0 Å². The highest BCUT2D eigenvalue weighted by Crippen LogP contribution is 2.14. The van der Waals surface area contributed by atoms with Crippen LogP contribution in [0.5, 0.6) is 0 Å². The van der Waals surface area contributed by atoms with Crippen molar-refractivity contribution in [2.75, 3.05) is 0 Å². The van der Waals surface area contributed by atoms with Crippen LogP contribution in [-0.4, -0.2) is 4.98 Å². The number of unbranched alkanes of at least 4 members (excludes halogenated alkanes) is 15. The summed E-state index contributed by atoms with van der Waals surface area (Å²) >= 11 is 0. The fourth-order valence-electron chi connectivity index (χ4n) is 3.40. The van der Waals surface area contributed by atoms with E-state index < -0.39 is 0 Å². The molecule has 0 aromatic carbocycles. The van der Waals surface area contributed by atoms with Crippen LogP contribution in [0.3, 0.4) is 0 Å². The first-order valence-electron chi connectivity index (χ1n) is 10.8. The summed E-state index contributed by atoms with van der Waals surface area (Å²) in [6.45, 7) is 2.29. The second-order valence-corrected chi connectivity index (χ2v) is 7.37. The average Bonchev–Trinajstić information content (AvgIpc) is 2.62. The lowest BCUT2D eigenvalue weighted by molar-refractivity contribution is 0.529. The molecule has 1 nitrogen and oxygen atoms in total. The molecule has 0 fully saturated rings. The smallest absolute Gasteiger partial charge is 0.0403 e. The van der Waals surface area contributed by atoms with Gasteiger partial charge in [0.05, 0.1) is 0 Å². The van der Waals surface area contributed by atoms with Crippen LogP contribution >= 0.6 is 0 Å². The van der Waals surface area contributed by atoms with Gasteiger partial charge in [-0.2, -0.15) is 0 Å². The second-order valence-electron chi connectivity index (χ2n) is 7.37. The fourth-order valence-corrected chi connectivity index (χ4v) is 3.40. The molecule has 1 rings (SSSR count). The van der Waals surface area contributed by atoms with Gasteiger partial charge in [-0.05, 0) is 25.0 Å². The summed E-state index contributed by atoms with van der Waals surface area (Å²) in [5.41, 5.74) is 1.25. The molecule has 1 heteroatoms. The topological polar surface area (TPSA) is 12.9 Å². The lowest BCUT2D eigenvalue weighted by Crippen LogP contribution is -1.89. The van der Waals surface area contributed by atoms with Gasteiger partial charge in [0.25, 0.3) is 0 Å². The summed E-state index contributed by atoms with van der Waals surface area (Å²) in [4.78, 5) is 4.39. The number of pyridine rings is 1. The van der Waals surface area contributed by atoms with Crippen molar-refractivity contribution in [2.24, 2.45) is 0 Å². The normalized spacial score (nSPS) is 11.0. The van der Waals surface area contributed by atoms with E-state index >= 15 is 0 Å². The van der Waals surface area contributed by atoms with Crippen molar-refractivity contribution < 1.29 is 0 Å². The van der Waals surface area contributed by atoms with E-state index in [2.05, 4.69) is 24.0 Å². The maximum absolute atomic E-state index is 4.39. The van der Waals surface area contributed by atoms with Gasteiger partial charge in [-0.25, -0.2) is 0 Å². The Bertz CT molecular complexity index is 346. The third-order valence-electron chi connectivity index (χ3n) is 5.01. The fraction of sp³-hybridized carbons (Fsp3) is 0.783. The van der Waals surface area contributed by atoms with Gasteiger partial charge in [-0.1, -0.05) is 109 Å². The Morgan fingerprint density at radius 1 is 0.583 bits per heavy atom. The molecule has 0 saturated carbocycles. The Morgan fingerprint density at radius 3 is 1.46 bits per heavy atom. The molecule has 1 aromatic heterocycles. The number of hydrogen-bond acceptors (Lipinski definition) is 1. The molecule has 0 aliphatic heterocycles. The van der Waals surface area contributed by atoms with E-state index in [1.165, 1.54) is 108 Å². The summed E-state index contributed by atoms with van der Waals surface area (Å²) in [6.07, 6.45) is 26.0. The summed E-state index contributed by atoms with van der Waals surface area (Å²) in [5.74, 6) is 0. The second kappa shape index (κ2) is 17.0. The molecule has 138 valence electrons. The molecule has 0 atom stereocenters. The van der Waals surface area contributed by atoms with Gasteiger partial charge in [-0.3, -0.25) is 4.98 Å². The predicted octanol–water partition coefficient (Wildman–Crippen LogP) is 7.89. The van der Waals surface area contributed by atoms with E-state index in [0.717, 1.165) is 6.42 Å². The Balaban J connectivity index is 1.70. The number of rotatable bonds is 17. The lowest BCUT2D eigenvalue weighted by Gasteiger charge is -2.03. The number of nitrogens with zero attached hydrogens (tertiary/aromatic N) is 1. The van der Waals surface area contributed by atoms with Crippen LogP contribution in [0.25, 0.3) is 0 Å². The third kappa shape index (κ3) is 13.6. The van der Waals surface area contributed by atoms with Crippen molar-refractivity contribution in [1.82, 2.24) is 4.98 Å². The molecule has 1 heterocycles. The maximum Gasteiger partial charge on any atom is 0.0403 e. The monoisotopic (exact) mass is 331 g/mol. The van der Waals surface area contributed by atoms with Crippen LogP contribution in [0.1, 0.15) is 115 Å². The molecular formula is C23H41N. The summed E-state index contributed by atoms with van der Waals surface area (Å²) in [5, 5.41) is 0. The van der Waals surface area contributed by atoms with Crippen molar-refractivity contribution in [2.45, 2.75) is 116 Å². The number of aromatic nitrogens is 1. The molecule has 0 bridgehead atoms. The zero-order chi connectivity index (χ0) is 17.1. The van der Waals surface area contributed by atoms with Gasteiger partial charge in [0.2, 0.25) is 0 Å². The first kappa shape index (κ1) is 21.2. The minimum Gasteiger partial charge on any atom is -0.261 e. The molecule has 0 amide bonds. The van der Waals surface area contributed by atoms with Gasteiger partial charge in [0, 0.05) is 11.9 Å². The van der Waals surface area contributed by atoms with Crippen LogP contribution in [0, 0.1) is 0 Å². The van der Waals surface area contributed by atoms with Gasteiger partial charge < -0.3 is 0 Å². The van der Waals surface area contributed by atoms with Gasteiger partial charge in [0.15, 0.2) is 0 Å². The molecule has 0 aliphatic rings. The van der Waals surface area contributed by atoms with Crippen LogP contribution in [0.4, 0.5) is 0 Å². The highest BCUT2D eigenvalue weighted by Gasteiger charge is 1.96. The minimum absolute atomic E-state index is 1.15. The lowest BCUT2D eigenvalue weighted by atomic mass is 10.0. The molecule has 0 spiro atoms. The molecule has 1 aromatic rings. The van der Waals surface area contributed by atoms with Crippen LogP contribution in [0.15, 0.2) is 24.4 Å². The van der Waals surface area contributed by atoms with Crippen molar-refractivity contribution in [3.05, 3.63) is 30.1 Å². The van der Waals surface area contributed by atoms with Crippen LogP contribution < -0.4 is 0 Å². The first-order chi connectivity index (χ1) is 11.9. The van der Waals surface area contributed by atoms with Crippen LogP contribution in [0.2, 0.25) is 0 Å². The predicted molar refractivity (Wildman–Crippen MR) is 107 cm³/mol. The van der Waals surface area contributed by atoms with Crippen molar-refractivity contribution in [3.8, 4) is 0 Å². The van der Waals surface area contributed by atoms with Gasteiger partial charge >= 0.3 is 0 Å². The minimum atomic E-state index is 1.15. The molecule has 24 heavy (non-hydrogen) atoms. The van der Waals surface area contributed by atoms with Gasteiger partial charge in [-0.15, -0.1) is 0 Å². The molecular weight excluding hydrogens is 290 g/mol. The molecule has 0 radical (unpaired) electrons. The van der Waals surface area contributed by atoms with Crippen molar-refractivity contribution in [3.63, 3.8) is 0 Å². The Labute approximate surface area is 151 Å². The summed E-state index contributed by atoms with van der Waals surface area (Å²) < 4.78 is 0. The van der Waals surface area contributed by atoms with E-state index in [-0.39, 0.29) is 0 Å². The van der Waals surface area contributed by atoms with Gasteiger partial charge in [0.1, 0.15) is 0 Å². The Hall–Kier alpha value is -0.850. The average molecular weight is 332 g/mol. The molecule has 0 unspecified atom stereocenters. The van der Waals surface area contributed by atoms with E-state index in [1.54, 1.807) is 0 Å². The Kier molecular flexibility index (Phi) is 15.0. The molecule has 0 saturated heterocycles. The number of hydrogen-bond donors (Lipinski definition) is 0. The zero-order valence-electron chi connectivity index (χ0n) is 16.3. The largest absolute Gasteiger partial charge is 0.261 e. The van der Waals surface area contributed by atoms with E-state index in [1.807, 2.05) is 12.3 Å². The standard InChI is InChI=1S/C23H41N/c1-2-3-4-5-6-7-8-9-10-11-12-13-14-15-16-17-20-23-21-18-19-22-24-23/h18-19,21-22H,2-17,20H2,1H3. The zero-order valence-corrected chi connectivity index (χ0v) is 16.3. The summed E-state index contributed by atoms with van der Waals surface area (Å²) in [7, 11) is 0. The quantitative estimate of drug-likeness (QED) is 0.264. The van der Waals surface area contributed by atoms with Crippen molar-refractivity contribution in [1.29, 1.82) is 0 Å². The summed E-state index contributed by atoms with van der Waals surface area (Å²) in [6, 6.07) is 6.23. The third-order valence-corrected chi connectivity index (χ3v) is 5.01. The molecule has 0 N–H and O–H groups in total. The van der Waals surface area contributed by atoms with Crippen molar-refractivity contribution >= 4 is 0 Å². The van der Waals surface area contributed by atoms with E-state index in [9.17, 15) is 0 Å². The van der Waals surface area contributed by atoms with E-state index in [0.29, 0.717) is 0 Å². The maximum atomic E-state index is 4.39. The highest BCUT2D eigenvalue weighted by molar-refractivity contribution is 5.03. The SMILES string of the molecule is CCCCCCCCCCCCCCCCCCc1ccccn1. The number of aryl methyl sites for hydroxylation is 1. The Morgan fingerprint density at radius 2 is 1.04 bits per heavy atom.